The Kier molecular flexibility index (Phi) is 2.91. The third-order valence-corrected chi connectivity index (χ3v) is 4.09. The van der Waals surface area contributed by atoms with Crippen molar-refractivity contribution in [2.24, 2.45) is 0 Å². The van der Waals surface area contributed by atoms with Crippen molar-refractivity contribution in [2.75, 3.05) is 11.9 Å². The highest BCUT2D eigenvalue weighted by Gasteiger charge is 2.22. The van der Waals surface area contributed by atoms with Crippen LogP contribution in [0.3, 0.4) is 0 Å². The van der Waals surface area contributed by atoms with Crippen molar-refractivity contribution in [1.29, 1.82) is 0 Å². The molecule has 1 atom stereocenters. The van der Waals surface area contributed by atoms with Gasteiger partial charge in [0.05, 0.1) is 10.2 Å². The Labute approximate surface area is 109 Å². The zero-order chi connectivity index (χ0) is 12.5. The summed E-state index contributed by atoms with van der Waals surface area (Å²) in [5.74, 6) is 0.0803. The molecule has 1 aliphatic heterocycles. The summed E-state index contributed by atoms with van der Waals surface area (Å²) in [6.45, 7) is 2.84. The second-order valence-corrected chi connectivity index (χ2v) is 5.65. The van der Waals surface area contributed by atoms with Gasteiger partial charge in [-0.3, -0.25) is 4.79 Å². The van der Waals surface area contributed by atoms with Gasteiger partial charge in [0.2, 0.25) is 5.91 Å². The maximum absolute atomic E-state index is 11.7. The smallest absolute Gasteiger partial charge is 0.242 e. The average molecular weight is 261 g/mol. The molecule has 0 saturated carbocycles. The number of carbonyl (C=O) groups is 1. The number of rotatable bonds is 2. The minimum absolute atomic E-state index is 0.0803. The number of fused-ring (bicyclic) bond motifs is 1. The van der Waals surface area contributed by atoms with Crippen LogP contribution in [-0.4, -0.2) is 23.5 Å². The SMILES string of the molecule is Cc1ccc2sc(NC3CCCNC3=O)nc2c1. The predicted octanol–water partition coefficient (Wildman–Crippen LogP) is 2.30. The van der Waals surface area contributed by atoms with Crippen molar-refractivity contribution in [3.8, 4) is 0 Å². The zero-order valence-electron chi connectivity index (χ0n) is 10.2. The Morgan fingerprint density at radius 2 is 2.39 bits per heavy atom. The van der Waals surface area contributed by atoms with E-state index in [0.717, 1.165) is 34.7 Å². The number of amides is 1. The number of piperidine rings is 1. The monoisotopic (exact) mass is 261 g/mol. The summed E-state index contributed by atoms with van der Waals surface area (Å²) in [6, 6.07) is 6.09. The molecule has 2 heterocycles. The molecule has 0 bridgehead atoms. The summed E-state index contributed by atoms with van der Waals surface area (Å²) in [5, 5.41) is 6.94. The summed E-state index contributed by atoms with van der Waals surface area (Å²) < 4.78 is 1.15. The van der Waals surface area contributed by atoms with E-state index in [1.54, 1.807) is 11.3 Å². The first kappa shape index (κ1) is 11.5. The molecule has 1 aromatic carbocycles. The second-order valence-electron chi connectivity index (χ2n) is 4.62. The first-order chi connectivity index (χ1) is 8.72. The van der Waals surface area contributed by atoms with Crippen molar-refractivity contribution in [2.45, 2.75) is 25.8 Å². The summed E-state index contributed by atoms with van der Waals surface area (Å²) in [4.78, 5) is 16.2. The van der Waals surface area contributed by atoms with E-state index >= 15 is 0 Å². The number of hydrogen-bond donors (Lipinski definition) is 2. The molecule has 1 amide bonds. The van der Waals surface area contributed by atoms with E-state index in [1.807, 2.05) is 0 Å². The Hall–Kier alpha value is -1.62. The molecule has 1 aliphatic rings. The number of thiazole rings is 1. The van der Waals surface area contributed by atoms with Crippen LogP contribution in [0.5, 0.6) is 0 Å². The third kappa shape index (κ3) is 2.18. The average Bonchev–Trinajstić information content (AvgIpc) is 2.73. The maximum Gasteiger partial charge on any atom is 0.242 e. The van der Waals surface area contributed by atoms with Gasteiger partial charge in [-0.25, -0.2) is 4.98 Å². The van der Waals surface area contributed by atoms with E-state index in [-0.39, 0.29) is 11.9 Å². The lowest BCUT2D eigenvalue weighted by atomic mass is 10.1. The van der Waals surface area contributed by atoms with Crippen LogP contribution in [0, 0.1) is 6.92 Å². The molecule has 5 heteroatoms. The quantitative estimate of drug-likeness (QED) is 0.872. The summed E-state index contributed by atoms with van der Waals surface area (Å²) in [6.07, 6.45) is 1.90. The third-order valence-electron chi connectivity index (χ3n) is 3.13. The van der Waals surface area contributed by atoms with E-state index in [4.69, 9.17) is 0 Å². The standard InChI is InChI=1S/C13H15N3OS/c1-8-4-5-11-10(7-8)16-13(18-11)15-9-3-2-6-14-12(9)17/h4-5,7,9H,2-3,6H2,1H3,(H,14,17)(H,15,16). The molecule has 18 heavy (non-hydrogen) atoms. The fraction of sp³-hybridized carbons (Fsp3) is 0.385. The molecule has 1 fully saturated rings. The van der Waals surface area contributed by atoms with Crippen molar-refractivity contribution in [1.82, 2.24) is 10.3 Å². The number of nitrogens with one attached hydrogen (secondary N) is 2. The molecule has 94 valence electrons. The molecule has 0 aliphatic carbocycles. The van der Waals surface area contributed by atoms with Crippen molar-refractivity contribution < 1.29 is 4.79 Å². The normalized spacial score (nSPS) is 19.8. The van der Waals surface area contributed by atoms with Gasteiger partial charge in [-0.15, -0.1) is 0 Å². The van der Waals surface area contributed by atoms with Gasteiger partial charge in [0.25, 0.3) is 0 Å². The van der Waals surface area contributed by atoms with Crippen LogP contribution in [0.15, 0.2) is 18.2 Å². The van der Waals surface area contributed by atoms with Gasteiger partial charge in [0.1, 0.15) is 6.04 Å². The fourth-order valence-corrected chi connectivity index (χ4v) is 3.06. The Balaban J connectivity index is 1.84. The molecule has 0 spiro atoms. The lowest BCUT2D eigenvalue weighted by Gasteiger charge is -2.22. The number of aryl methyl sites for hydroxylation is 1. The molecule has 4 nitrogen and oxygen atoms in total. The molecule has 2 N–H and O–H groups in total. The van der Waals surface area contributed by atoms with Gasteiger partial charge in [0, 0.05) is 6.54 Å². The van der Waals surface area contributed by atoms with Gasteiger partial charge in [-0.2, -0.15) is 0 Å². The highest BCUT2D eigenvalue weighted by atomic mass is 32.1. The van der Waals surface area contributed by atoms with E-state index in [9.17, 15) is 4.79 Å². The van der Waals surface area contributed by atoms with Gasteiger partial charge in [0.15, 0.2) is 5.13 Å². The Bertz CT molecular complexity index is 593. The number of hydrogen-bond acceptors (Lipinski definition) is 4. The molecule has 2 aromatic rings. The van der Waals surface area contributed by atoms with Crippen LogP contribution < -0.4 is 10.6 Å². The van der Waals surface area contributed by atoms with Gasteiger partial charge >= 0.3 is 0 Å². The van der Waals surface area contributed by atoms with Crippen LogP contribution in [0.25, 0.3) is 10.2 Å². The number of nitrogens with zero attached hydrogens (tertiary/aromatic N) is 1. The second kappa shape index (κ2) is 4.57. The van der Waals surface area contributed by atoms with E-state index in [0.29, 0.717) is 0 Å². The lowest BCUT2D eigenvalue weighted by Crippen LogP contribution is -2.44. The maximum atomic E-state index is 11.7. The van der Waals surface area contributed by atoms with E-state index in [1.165, 1.54) is 5.56 Å². The number of anilines is 1. The fourth-order valence-electron chi connectivity index (χ4n) is 2.16. The molecule has 1 saturated heterocycles. The van der Waals surface area contributed by atoms with E-state index in [2.05, 4.69) is 40.7 Å². The zero-order valence-corrected chi connectivity index (χ0v) is 11.0. The summed E-state index contributed by atoms with van der Waals surface area (Å²) in [5.41, 5.74) is 2.20. The van der Waals surface area contributed by atoms with Gasteiger partial charge in [-0.05, 0) is 37.5 Å². The molecule has 3 rings (SSSR count). The minimum Gasteiger partial charge on any atom is -0.354 e. The minimum atomic E-state index is -0.139. The lowest BCUT2D eigenvalue weighted by molar-refractivity contribution is -0.123. The highest BCUT2D eigenvalue weighted by molar-refractivity contribution is 7.22. The Morgan fingerprint density at radius 1 is 1.50 bits per heavy atom. The predicted molar refractivity (Wildman–Crippen MR) is 74.0 cm³/mol. The highest BCUT2D eigenvalue weighted by Crippen LogP contribution is 2.27. The number of benzene rings is 1. The number of aromatic nitrogens is 1. The Morgan fingerprint density at radius 3 is 3.22 bits per heavy atom. The van der Waals surface area contributed by atoms with Crippen molar-refractivity contribution >= 4 is 32.6 Å². The largest absolute Gasteiger partial charge is 0.354 e. The van der Waals surface area contributed by atoms with Crippen LogP contribution >= 0.6 is 11.3 Å². The summed E-state index contributed by atoms with van der Waals surface area (Å²) >= 11 is 1.60. The van der Waals surface area contributed by atoms with Gasteiger partial charge < -0.3 is 10.6 Å². The van der Waals surface area contributed by atoms with Gasteiger partial charge in [-0.1, -0.05) is 17.4 Å². The van der Waals surface area contributed by atoms with Crippen LogP contribution in [-0.2, 0) is 4.79 Å². The topological polar surface area (TPSA) is 54.0 Å². The van der Waals surface area contributed by atoms with Crippen LogP contribution in [0.4, 0.5) is 5.13 Å². The van der Waals surface area contributed by atoms with E-state index < -0.39 is 0 Å². The van der Waals surface area contributed by atoms with Crippen molar-refractivity contribution in [3.05, 3.63) is 23.8 Å². The molecule has 1 unspecified atom stereocenters. The van der Waals surface area contributed by atoms with Crippen LogP contribution in [0.2, 0.25) is 0 Å². The van der Waals surface area contributed by atoms with Crippen LogP contribution in [0.1, 0.15) is 18.4 Å². The van der Waals surface area contributed by atoms with Crippen molar-refractivity contribution in [3.63, 3.8) is 0 Å². The summed E-state index contributed by atoms with van der Waals surface area (Å²) in [7, 11) is 0. The molecule has 1 aromatic heterocycles. The molecular formula is C13H15N3OS. The molecular weight excluding hydrogens is 246 g/mol. The first-order valence-electron chi connectivity index (χ1n) is 6.14. The first-order valence-corrected chi connectivity index (χ1v) is 6.95. The number of carbonyl (C=O) groups excluding carboxylic acids is 1. The molecule has 0 radical (unpaired) electrons.